The van der Waals surface area contributed by atoms with E-state index < -0.39 is 7.14 Å². The van der Waals surface area contributed by atoms with E-state index in [0.717, 1.165) is 34.4 Å². The number of aromatic nitrogens is 1. The highest BCUT2D eigenvalue weighted by molar-refractivity contribution is 7.72. The third-order valence-corrected chi connectivity index (χ3v) is 9.44. The van der Waals surface area contributed by atoms with Crippen molar-refractivity contribution in [2.75, 3.05) is 13.2 Å². The SMILES string of the molecule is CN1O[C@H]2CC[P@](=O)(c3ccccc3)[C@H]2[C@@H]1c1cnc2ccccc2c1. The van der Waals surface area contributed by atoms with Gasteiger partial charge >= 0.3 is 0 Å². The van der Waals surface area contributed by atoms with Gasteiger partial charge in [-0.15, -0.1) is 0 Å². The Morgan fingerprint density at radius 2 is 1.88 bits per heavy atom. The Balaban J connectivity index is 1.62. The van der Waals surface area contributed by atoms with E-state index in [1.807, 2.05) is 66.8 Å². The number of nitrogens with zero attached hydrogens (tertiary/aromatic N) is 2. The number of rotatable bonds is 2. The van der Waals surface area contributed by atoms with Crippen LogP contribution < -0.4 is 5.30 Å². The zero-order valence-electron chi connectivity index (χ0n) is 14.7. The second kappa shape index (κ2) is 6.02. The van der Waals surface area contributed by atoms with E-state index in [1.165, 1.54) is 0 Å². The molecule has 0 unspecified atom stereocenters. The molecule has 4 nitrogen and oxygen atoms in total. The lowest BCUT2D eigenvalue weighted by atomic mass is 10.0. The average Bonchev–Trinajstić information content (AvgIpc) is 3.19. The molecule has 132 valence electrons. The Kier molecular flexibility index (Phi) is 3.75. The second-order valence-electron chi connectivity index (χ2n) is 7.23. The molecule has 2 fully saturated rings. The number of hydrogen-bond acceptors (Lipinski definition) is 4. The van der Waals surface area contributed by atoms with Crippen molar-refractivity contribution >= 4 is 23.3 Å². The van der Waals surface area contributed by atoms with E-state index in [-0.39, 0.29) is 17.8 Å². The number of fused-ring (bicyclic) bond motifs is 2. The first-order valence-electron chi connectivity index (χ1n) is 9.05. The van der Waals surface area contributed by atoms with Gasteiger partial charge in [-0.1, -0.05) is 48.5 Å². The van der Waals surface area contributed by atoms with Crippen LogP contribution in [0.2, 0.25) is 0 Å². The summed E-state index contributed by atoms with van der Waals surface area (Å²) in [6.45, 7) is 0. The Morgan fingerprint density at radius 3 is 2.73 bits per heavy atom. The van der Waals surface area contributed by atoms with E-state index in [9.17, 15) is 4.57 Å². The van der Waals surface area contributed by atoms with Gasteiger partial charge in [-0.05, 0) is 24.1 Å². The molecule has 2 aliphatic heterocycles. The van der Waals surface area contributed by atoms with Crippen LogP contribution in [0.5, 0.6) is 0 Å². The summed E-state index contributed by atoms with van der Waals surface area (Å²) in [5.41, 5.74) is 2.04. The molecule has 0 N–H and O–H groups in total. The lowest BCUT2D eigenvalue weighted by Crippen LogP contribution is -2.27. The third kappa shape index (κ3) is 2.37. The van der Waals surface area contributed by atoms with E-state index in [0.29, 0.717) is 0 Å². The first-order chi connectivity index (χ1) is 12.7. The van der Waals surface area contributed by atoms with Crippen molar-refractivity contribution in [1.82, 2.24) is 10.0 Å². The Morgan fingerprint density at radius 1 is 1.12 bits per heavy atom. The molecule has 1 aromatic heterocycles. The van der Waals surface area contributed by atoms with Crippen LogP contribution in [0, 0.1) is 0 Å². The summed E-state index contributed by atoms with van der Waals surface area (Å²) in [5, 5.41) is 3.98. The molecule has 2 saturated heterocycles. The second-order valence-corrected chi connectivity index (χ2v) is 10.4. The van der Waals surface area contributed by atoms with Gasteiger partial charge in [0.25, 0.3) is 0 Å². The van der Waals surface area contributed by atoms with E-state index in [2.05, 4.69) is 17.1 Å². The van der Waals surface area contributed by atoms with Gasteiger partial charge in [-0.3, -0.25) is 9.82 Å². The number of pyridine rings is 1. The quantitative estimate of drug-likeness (QED) is 0.645. The zero-order chi connectivity index (χ0) is 17.7. The molecule has 0 aliphatic carbocycles. The minimum absolute atomic E-state index is 0.0159. The van der Waals surface area contributed by atoms with E-state index in [1.54, 1.807) is 0 Å². The fourth-order valence-electron chi connectivity index (χ4n) is 4.59. The first-order valence-corrected chi connectivity index (χ1v) is 11.0. The van der Waals surface area contributed by atoms with Crippen LogP contribution >= 0.6 is 7.14 Å². The minimum atomic E-state index is -2.54. The van der Waals surface area contributed by atoms with Crippen molar-refractivity contribution in [2.24, 2.45) is 0 Å². The number of para-hydroxylation sites is 1. The molecule has 0 spiro atoms. The van der Waals surface area contributed by atoms with Gasteiger partial charge in [-0.2, -0.15) is 5.06 Å². The highest BCUT2D eigenvalue weighted by Crippen LogP contribution is 2.64. The molecule has 0 saturated carbocycles. The standard InChI is InChI=1S/C21H21N2O2P/c1-23-20(16-13-15-7-5-6-10-18(15)22-14-16)21-19(25-23)11-12-26(21,24)17-8-3-2-4-9-17/h2-10,13-14,19-21H,11-12H2,1H3/t19-,20-,21+,26-/m0/s1. The smallest absolute Gasteiger partial charge is 0.123 e. The van der Waals surface area contributed by atoms with E-state index in [4.69, 9.17) is 4.84 Å². The third-order valence-electron chi connectivity index (χ3n) is 5.77. The Labute approximate surface area is 153 Å². The van der Waals surface area contributed by atoms with Gasteiger partial charge in [0.1, 0.15) is 7.14 Å². The molecular formula is C21H21N2O2P. The highest BCUT2D eigenvalue weighted by atomic mass is 31.2. The summed E-state index contributed by atoms with van der Waals surface area (Å²) in [7, 11) is -0.588. The van der Waals surface area contributed by atoms with Gasteiger partial charge in [0.15, 0.2) is 0 Å². The van der Waals surface area contributed by atoms with Crippen molar-refractivity contribution in [3.63, 3.8) is 0 Å². The van der Waals surface area contributed by atoms with E-state index >= 15 is 0 Å². The fourth-order valence-corrected chi connectivity index (χ4v) is 8.36. The predicted octanol–water partition coefficient (Wildman–Crippen LogP) is 3.98. The topological polar surface area (TPSA) is 42.4 Å². The maximum atomic E-state index is 14.1. The van der Waals surface area contributed by atoms with Gasteiger partial charge in [0.05, 0.1) is 23.3 Å². The molecule has 26 heavy (non-hydrogen) atoms. The Bertz CT molecular complexity index is 1010. The molecule has 2 aromatic carbocycles. The number of hydroxylamine groups is 2. The lowest BCUT2D eigenvalue weighted by molar-refractivity contribution is -0.143. The maximum absolute atomic E-state index is 14.1. The Hall–Kier alpha value is -2.00. The average molecular weight is 364 g/mol. The highest BCUT2D eigenvalue weighted by Gasteiger charge is 2.56. The summed E-state index contributed by atoms with van der Waals surface area (Å²) < 4.78 is 14.1. The van der Waals surface area contributed by atoms with Crippen LogP contribution in [0.1, 0.15) is 18.0 Å². The van der Waals surface area contributed by atoms with Crippen LogP contribution in [0.4, 0.5) is 0 Å². The zero-order valence-corrected chi connectivity index (χ0v) is 15.5. The van der Waals surface area contributed by atoms with Crippen LogP contribution in [0.15, 0.2) is 66.9 Å². The van der Waals surface area contributed by atoms with Gasteiger partial charge in [0, 0.05) is 30.1 Å². The number of hydrogen-bond donors (Lipinski definition) is 0. The molecule has 5 heteroatoms. The summed E-state index contributed by atoms with van der Waals surface area (Å²) in [6.07, 6.45) is 3.50. The van der Waals surface area contributed by atoms with Crippen molar-refractivity contribution in [2.45, 2.75) is 24.2 Å². The minimum Gasteiger partial charge on any atom is -0.318 e. The fraction of sp³-hybridized carbons (Fsp3) is 0.286. The van der Waals surface area contributed by atoms with Gasteiger partial charge in [0.2, 0.25) is 0 Å². The molecule has 2 aliphatic rings. The summed E-state index contributed by atoms with van der Waals surface area (Å²) in [5.74, 6) is 0. The molecule has 5 rings (SSSR count). The van der Waals surface area contributed by atoms with Crippen molar-refractivity contribution < 1.29 is 9.40 Å². The lowest BCUT2D eigenvalue weighted by Gasteiger charge is -2.27. The van der Waals surface area contributed by atoms with Gasteiger partial charge < -0.3 is 4.57 Å². The summed E-state index contributed by atoms with van der Waals surface area (Å²) in [6, 6.07) is 20.2. The summed E-state index contributed by atoms with van der Waals surface area (Å²) >= 11 is 0. The van der Waals surface area contributed by atoms with Crippen molar-refractivity contribution in [1.29, 1.82) is 0 Å². The molecule has 0 bridgehead atoms. The monoisotopic (exact) mass is 364 g/mol. The van der Waals surface area contributed by atoms with Crippen LogP contribution in [-0.2, 0) is 9.40 Å². The van der Waals surface area contributed by atoms with Gasteiger partial charge in [-0.25, -0.2) is 0 Å². The molecule has 0 amide bonds. The van der Waals surface area contributed by atoms with Crippen molar-refractivity contribution in [3.8, 4) is 0 Å². The summed E-state index contributed by atoms with van der Waals surface area (Å²) in [4.78, 5) is 10.7. The van der Waals surface area contributed by atoms with Crippen LogP contribution in [0.3, 0.4) is 0 Å². The molecule has 3 heterocycles. The molecule has 4 atom stereocenters. The van der Waals surface area contributed by atoms with Crippen molar-refractivity contribution in [3.05, 3.63) is 72.4 Å². The molecular weight excluding hydrogens is 343 g/mol. The largest absolute Gasteiger partial charge is 0.318 e. The normalized spacial score (nSPS) is 31.3. The maximum Gasteiger partial charge on any atom is 0.123 e. The molecule has 3 aromatic rings. The number of benzene rings is 2. The van der Waals surface area contributed by atoms with Crippen LogP contribution in [0.25, 0.3) is 10.9 Å². The predicted molar refractivity (Wildman–Crippen MR) is 104 cm³/mol. The van der Waals surface area contributed by atoms with Crippen LogP contribution in [-0.4, -0.2) is 35.0 Å². The first kappa shape index (κ1) is 16.2. The molecule has 0 radical (unpaired) electrons.